The fourth-order valence-corrected chi connectivity index (χ4v) is 2.71. The number of rotatable bonds is 4. The van der Waals surface area contributed by atoms with Gasteiger partial charge in [-0.2, -0.15) is 0 Å². The minimum Gasteiger partial charge on any atom is -0.374 e. The van der Waals surface area contributed by atoms with Crippen LogP contribution in [0, 0.1) is 11.8 Å². The van der Waals surface area contributed by atoms with E-state index >= 15 is 0 Å². The first-order chi connectivity index (χ1) is 7.09. The molecule has 0 aromatic heterocycles. The lowest BCUT2D eigenvalue weighted by molar-refractivity contribution is 0.0128. The summed E-state index contributed by atoms with van der Waals surface area (Å²) in [6, 6.07) is 0.762. The van der Waals surface area contributed by atoms with Gasteiger partial charge in [0.15, 0.2) is 0 Å². The highest BCUT2D eigenvalue weighted by Gasteiger charge is 2.34. The molecule has 1 saturated heterocycles. The van der Waals surface area contributed by atoms with Gasteiger partial charge in [0, 0.05) is 19.2 Å². The molecule has 2 heteroatoms. The largest absolute Gasteiger partial charge is 0.374 e. The van der Waals surface area contributed by atoms with Crippen LogP contribution in [0.4, 0.5) is 0 Å². The molecule has 2 fully saturated rings. The normalized spacial score (nSPS) is 40.8. The lowest BCUT2D eigenvalue weighted by Crippen LogP contribution is -2.48. The predicted molar refractivity (Wildman–Crippen MR) is 62.9 cm³/mol. The molecule has 0 aromatic carbocycles. The molecule has 0 radical (unpaired) electrons. The molecule has 0 bridgehead atoms. The lowest BCUT2D eigenvalue weighted by Gasteiger charge is -2.40. The molecule has 0 spiro atoms. The molecule has 1 atom stereocenters. The average Bonchev–Trinajstić information content (AvgIpc) is 2.49. The highest BCUT2D eigenvalue weighted by atomic mass is 16.5. The SMILES string of the molecule is CC(C)C1CC(NCC2(C)CCCO2)C1. The molecule has 0 aromatic rings. The van der Waals surface area contributed by atoms with Gasteiger partial charge < -0.3 is 10.1 Å². The second-order valence-corrected chi connectivity index (χ2v) is 5.96. The molecule has 1 unspecified atom stereocenters. The maximum absolute atomic E-state index is 5.77. The van der Waals surface area contributed by atoms with E-state index in [0.29, 0.717) is 0 Å². The zero-order valence-corrected chi connectivity index (χ0v) is 10.4. The van der Waals surface area contributed by atoms with Crippen LogP contribution in [0.3, 0.4) is 0 Å². The van der Waals surface area contributed by atoms with Crippen LogP contribution in [0.2, 0.25) is 0 Å². The van der Waals surface area contributed by atoms with Gasteiger partial charge in [-0.05, 0) is 44.4 Å². The Morgan fingerprint density at radius 1 is 1.40 bits per heavy atom. The average molecular weight is 211 g/mol. The van der Waals surface area contributed by atoms with E-state index in [1.54, 1.807) is 0 Å². The molecular weight excluding hydrogens is 186 g/mol. The van der Waals surface area contributed by atoms with E-state index in [-0.39, 0.29) is 5.60 Å². The van der Waals surface area contributed by atoms with Crippen LogP contribution >= 0.6 is 0 Å². The standard InChI is InChI=1S/C13H25NO/c1-10(2)11-7-12(8-11)14-9-13(3)5-4-6-15-13/h10-12,14H,4-9H2,1-3H3. The van der Waals surface area contributed by atoms with Crippen molar-refractivity contribution >= 4 is 0 Å². The van der Waals surface area contributed by atoms with Crippen LogP contribution in [0.1, 0.15) is 46.5 Å². The van der Waals surface area contributed by atoms with Gasteiger partial charge in [0.05, 0.1) is 5.60 Å². The van der Waals surface area contributed by atoms with Crippen molar-refractivity contribution in [1.29, 1.82) is 0 Å². The van der Waals surface area contributed by atoms with Gasteiger partial charge >= 0.3 is 0 Å². The molecule has 2 rings (SSSR count). The van der Waals surface area contributed by atoms with E-state index in [1.807, 2.05) is 0 Å². The van der Waals surface area contributed by atoms with Crippen molar-refractivity contribution in [3.8, 4) is 0 Å². The molecule has 1 saturated carbocycles. The highest BCUT2D eigenvalue weighted by Crippen LogP contribution is 2.34. The molecule has 0 amide bonds. The van der Waals surface area contributed by atoms with Crippen LogP contribution in [0.25, 0.3) is 0 Å². The van der Waals surface area contributed by atoms with Gasteiger partial charge in [0.25, 0.3) is 0 Å². The number of ether oxygens (including phenoxy) is 1. The van der Waals surface area contributed by atoms with Crippen molar-refractivity contribution in [2.75, 3.05) is 13.2 Å². The molecule has 15 heavy (non-hydrogen) atoms. The van der Waals surface area contributed by atoms with Crippen molar-refractivity contribution in [3.05, 3.63) is 0 Å². The van der Waals surface area contributed by atoms with Crippen LogP contribution in [0.5, 0.6) is 0 Å². The lowest BCUT2D eigenvalue weighted by atomic mass is 9.73. The quantitative estimate of drug-likeness (QED) is 0.771. The van der Waals surface area contributed by atoms with E-state index in [9.17, 15) is 0 Å². The number of hydrogen-bond donors (Lipinski definition) is 1. The molecule has 1 heterocycles. The summed E-state index contributed by atoms with van der Waals surface area (Å²) in [6.07, 6.45) is 5.19. The second kappa shape index (κ2) is 4.42. The van der Waals surface area contributed by atoms with Crippen molar-refractivity contribution in [2.45, 2.75) is 58.1 Å². The van der Waals surface area contributed by atoms with Crippen LogP contribution in [0.15, 0.2) is 0 Å². The van der Waals surface area contributed by atoms with Crippen LogP contribution < -0.4 is 5.32 Å². The highest BCUT2D eigenvalue weighted by molar-refractivity contribution is 4.90. The van der Waals surface area contributed by atoms with Gasteiger partial charge in [-0.15, -0.1) is 0 Å². The Labute approximate surface area is 93.8 Å². The third-order valence-electron chi connectivity index (χ3n) is 4.18. The molecule has 1 aliphatic carbocycles. The summed E-state index contributed by atoms with van der Waals surface area (Å²) in [5.74, 6) is 1.82. The minimum atomic E-state index is 0.128. The van der Waals surface area contributed by atoms with Crippen LogP contribution in [-0.4, -0.2) is 24.8 Å². The van der Waals surface area contributed by atoms with E-state index in [0.717, 1.165) is 31.0 Å². The third-order valence-corrected chi connectivity index (χ3v) is 4.18. The summed E-state index contributed by atoms with van der Waals surface area (Å²) in [5, 5.41) is 3.66. The Hall–Kier alpha value is -0.0800. The van der Waals surface area contributed by atoms with E-state index in [1.165, 1.54) is 25.7 Å². The van der Waals surface area contributed by atoms with Crippen molar-refractivity contribution in [2.24, 2.45) is 11.8 Å². The Balaban J connectivity index is 1.64. The molecule has 1 aliphatic heterocycles. The second-order valence-electron chi connectivity index (χ2n) is 5.96. The van der Waals surface area contributed by atoms with E-state index < -0.39 is 0 Å². The minimum absolute atomic E-state index is 0.128. The van der Waals surface area contributed by atoms with E-state index in [4.69, 9.17) is 4.74 Å². The van der Waals surface area contributed by atoms with Crippen molar-refractivity contribution in [1.82, 2.24) is 5.32 Å². The number of nitrogens with one attached hydrogen (secondary N) is 1. The Morgan fingerprint density at radius 3 is 2.67 bits per heavy atom. The van der Waals surface area contributed by atoms with Gasteiger partial charge in [0.1, 0.15) is 0 Å². The Bertz CT molecular complexity index is 203. The maximum atomic E-state index is 5.77. The summed E-state index contributed by atoms with van der Waals surface area (Å²) >= 11 is 0. The fraction of sp³-hybridized carbons (Fsp3) is 1.00. The van der Waals surface area contributed by atoms with Gasteiger partial charge in [0.2, 0.25) is 0 Å². The van der Waals surface area contributed by atoms with Crippen LogP contribution in [-0.2, 0) is 4.74 Å². The molecule has 2 nitrogen and oxygen atoms in total. The van der Waals surface area contributed by atoms with Crippen molar-refractivity contribution < 1.29 is 4.74 Å². The molecule has 2 aliphatic rings. The fourth-order valence-electron chi connectivity index (χ4n) is 2.71. The third kappa shape index (κ3) is 2.73. The van der Waals surface area contributed by atoms with E-state index in [2.05, 4.69) is 26.1 Å². The van der Waals surface area contributed by atoms with Gasteiger partial charge in [-0.3, -0.25) is 0 Å². The monoisotopic (exact) mass is 211 g/mol. The summed E-state index contributed by atoms with van der Waals surface area (Å²) in [5.41, 5.74) is 0.128. The zero-order valence-electron chi connectivity index (χ0n) is 10.4. The molecule has 1 N–H and O–H groups in total. The molecule has 88 valence electrons. The first kappa shape index (κ1) is 11.4. The first-order valence-corrected chi connectivity index (χ1v) is 6.46. The first-order valence-electron chi connectivity index (χ1n) is 6.46. The topological polar surface area (TPSA) is 21.3 Å². The summed E-state index contributed by atoms with van der Waals surface area (Å²) in [6.45, 7) is 8.91. The Morgan fingerprint density at radius 2 is 2.13 bits per heavy atom. The van der Waals surface area contributed by atoms with Crippen molar-refractivity contribution in [3.63, 3.8) is 0 Å². The zero-order chi connectivity index (χ0) is 10.9. The Kier molecular flexibility index (Phi) is 3.36. The predicted octanol–water partition coefficient (Wildman–Crippen LogP) is 2.58. The smallest absolute Gasteiger partial charge is 0.0779 e. The van der Waals surface area contributed by atoms with Gasteiger partial charge in [-0.1, -0.05) is 13.8 Å². The summed E-state index contributed by atoms with van der Waals surface area (Å²) < 4.78 is 5.77. The summed E-state index contributed by atoms with van der Waals surface area (Å²) in [4.78, 5) is 0. The molecular formula is C13H25NO. The van der Waals surface area contributed by atoms with Gasteiger partial charge in [-0.25, -0.2) is 0 Å². The number of hydrogen-bond acceptors (Lipinski definition) is 2. The summed E-state index contributed by atoms with van der Waals surface area (Å²) in [7, 11) is 0. The maximum Gasteiger partial charge on any atom is 0.0779 e.